The number of hydrogen-bond acceptors (Lipinski definition) is 2. The molecule has 0 aliphatic carbocycles. The Morgan fingerprint density at radius 3 is 3.00 bits per heavy atom. The highest BCUT2D eigenvalue weighted by Crippen LogP contribution is 2.17. The van der Waals surface area contributed by atoms with Gasteiger partial charge in [-0.25, -0.2) is 4.79 Å². The third kappa shape index (κ3) is 2.54. The standard InChI is InChI=1S/C11H10BrNO2S/c12-8-6-10(11(14)15)13(7-8)4-3-9-2-1-5-16-9/h1-2,5-7H,3-4H2,(H,14,15). The van der Waals surface area contributed by atoms with Gasteiger partial charge in [-0.3, -0.25) is 0 Å². The highest BCUT2D eigenvalue weighted by molar-refractivity contribution is 9.10. The number of carboxylic acids is 1. The smallest absolute Gasteiger partial charge is 0.352 e. The van der Waals surface area contributed by atoms with Crippen LogP contribution in [0.5, 0.6) is 0 Å². The van der Waals surface area contributed by atoms with Gasteiger partial charge in [0.15, 0.2) is 0 Å². The second-order valence-electron chi connectivity index (χ2n) is 3.37. The molecule has 2 aromatic heterocycles. The maximum absolute atomic E-state index is 11.0. The summed E-state index contributed by atoms with van der Waals surface area (Å²) in [6.45, 7) is 0.688. The number of aryl methyl sites for hydroxylation is 2. The first-order valence-corrected chi connectivity index (χ1v) is 6.45. The van der Waals surface area contributed by atoms with Crippen LogP contribution in [0.4, 0.5) is 0 Å². The van der Waals surface area contributed by atoms with Gasteiger partial charge in [-0.1, -0.05) is 6.07 Å². The van der Waals surface area contributed by atoms with E-state index in [1.54, 1.807) is 28.2 Å². The molecule has 0 aliphatic heterocycles. The normalized spacial score (nSPS) is 10.6. The summed E-state index contributed by atoms with van der Waals surface area (Å²) >= 11 is 4.98. The minimum atomic E-state index is -0.892. The molecule has 0 aromatic carbocycles. The lowest BCUT2D eigenvalue weighted by atomic mass is 10.3. The van der Waals surface area contributed by atoms with Gasteiger partial charge >= 0.3 is 5.97 Å². The molecule has 0 unspecified atom stereocenters. The third-order valence-corrected chi connectivity index (χ3v) is 3.63. The number of hydrogen-bond donors (Lipinski definition) is 1. The lowest BCUT2D eigenvalue weighted by Crippen LogP contribution is -2.08. The minimum absolute atomic E-state index is 0.323. The van der Waals surface area contributed by atoms with Gasteiger partial charge in [-0.15, -0.1) is 11.3 Å². The molecule has 0 fully saturated rings. The number of halogens is 1. The zero-order valence-corrected chi connectivity index (χ0v) is 10.8. The lowest BCUT2D eigenvalue weighted by Gasteiger charge is -2.04. The van der Waals surface area contributed by atoms with E-state index in [4.69, 9.17) is 5.11 Å². The largest absolute Gasteiger partial charge is 0.477 e. The molecule has 3 nitrogen and oxygen atoms in total. The molecule has 0 saturated carbocycles. The maximum Gasteiger partial charge on any atom is 0.352 e. The van der Waals surface area contributed by atoms with Crippen molar-refractivity contribution < 1.29 is 9.90 Å². The van der Waals surface area contributed by atoms with Crippen LogP contribution in [-0.2, 0) is 13.0 Å². The Morgan fingerprint density at radius 2 is 2.38 bits per heavy atom. The second kappa shape index (κ2) is 4.84. The van der Waals surface area contributed by atoms with Gasteiger partial charge < -0.3 is 9.67 Å². The van der Waals surface area contributed by atoms with Crippen LogP contribution in [0, 0.1) is 0 Å². The molecule has 0 atom stereocenters. The average Bonchev–Trinajstić information content (AvgIpc) is 2.83. The molecular weight excluding hydrogens is 290 g/mol. The molecule has 84 valence electrons. The first kappa shape index (κ1) is 11.4. The highest BCUT2D eigenvalue weighted by atomic mass is 79.9. The van der Waals surface area contributed by atoms with Gasteiger partial charge in [0.2, 0.25) is 0 Å². The lowest BCUT2D eigenvalue weighted by molar-refractivity contribution is 0.0685. The van der Waals surface area contributed by atoms with Gasteiger partial charge in [-0.2, -0.15) is 0 Å². The highest BCUT2D eigenvalue weighted by Gasteiger charge is 2.11. The predicted molar refractivity (Wildman–Crippen MR) is 67.1 cm³/mol. The summed E-state index contributed by atoms with van der Waals surface area (Å²) in [7, 11) is 0. The number of rotatable bonds is 4. The summed E-state index contributed by atoms with van der Waals surface area (Å²) in [6, 6.07) is 5.68. The quantitative estimate of drug-likeness (QED) is 0.941. The van der Waals surface area contributed by atoms with Crippen molar-refractivity contribution in [3.63, 3.8) is 0 Å². The molecule has 0 amide bonds. The van der Waals surface area contributed by atoms with E-state index >= 15 is 0 Å². The first-order valence-electron chi connectivity index (χ1n) is 4.78. The Bertz CT molecular complexity index is 490. The SMILES string of the molecule is O=C(O)c1cc(Br)cn1CCc1cccs1. The fourth-order valence-electron chi connectivity index (χ4n) is 1.52. The minimum Gasteiger partial charge on any atom is -0.477 e. The van der Waals surface area contributed by atoms with E-state index in [0.29, 0.717) is 12.2 Å². The molecule has 0 radical (unpaired) electrons. The number of thiophene rings is 1. The first-order chi connectivity index (χ1) is 7.66. The zero-order chi connectivity index (χ0) is 11.5. The van der Waals surface area contributed by atoms with E-state index in [0.717, 1.165) is 10.9 Å². The van der Waals surface area contributed by atoms with Crippen LogP contribution in [-0.4, -0.2) is 15.6 Å². The van der Waals surface area contributed by atoms with E-state index in [-0.39, 0.29) is 0 Å². The van der Waals surface area contributed by atoms with Gasteiger partial charge in [0, 0.05) is 22.1 Å². The third-order valence-electron chi connectivity index (χ3n) is 2.26. The summed E-state index contributed by atoms with van der Waals surface area (Å²) < 4.78 is 2.56. The van der Waals surface area contributed by atoms with Crippen LogP contribution in [0.1, 0.15) is 15.4 Å². The van der Waals surface area contributed by atoms with Crippen molar-refractivity contribution in [2.24, 2.45) is 0 Å². The van der Waals surface area contributed by atoms with E-state index in [2.05, 4.69) is 22.0 Å². The van der Waals surface area contributed by atoms with Crippen LogP contribution in [0.25, 0.3) is 0 Å². The zero-order valence-electron chi connectivity index (χ0n) is 8.39. The summed E-state index contributed by atoms with van der Waals surface area (Å²) in [6.07, 6.45) is 2.66. The van der Waals surface area contributed by atoms with Crippen molar-refractivity contribution in [3.8, 4) is 0 Å². The molecule has 2 heterocycles. The molecule has 16 heavy (non-hydrogen) atoms. The molecule has 0 aliphatic rings. The number of nitrogens with zero attached hydrogens (tertiary/aromatic N) is 1. The van der Waals surface area contributed by atoms with Crippen LogP contribution in [0.3, 0.4) is 0 Å². The van der Waals surface area contributed by atoms with Crippen molar-refractivity contribution in [2.75, 3.05) is 0 Å². The van der Waals surface area contributed by atoms with E-state index in [1.807, 2.05) is 11.4 Å². The predicted octanol–water partition coefficient (Wildman–Crippen LogP) is 3.25. The van der Waals surface area contributed by atoms with Crippen LogP contribution < -0.4 is 0 Å². The van der Waals surface area contributed by atoms with E-state index in [9.17, 15) is 4.79 Å². The fraction of sp³-hybridized carbons (Fsp3) is 0.182. The van der Waals surface area contributed by atoms with Crippen molar-refractivity contribution in [3.05, 3.63) is 44.8 Å². The number of carboxylic acid groups (broad SMARTS) is 1. The summed E-state index contributed by atoms with van der Waals surface area (Å²) in [5.41, 5.74) is 0.323. The van der Waals surface area contributed by atoms with Crippen molar-refractivity contribution in [1.82, 2.24) is 4.57 Å². The Labute approximate surface area is 105 Å². The summed E-state index contributed by atoms with van der Waals surface area (Å²) in [5.74, 6) is -0.892. The average molecular weight is 300 g/mol. The molecule has 0 bridgehead atoms. The van der Waals surface area contributed by atoms with E-state index < -0.39 is 5.97 Å². The van der Waals surface area contributed by atoms with Crippen molar-refractivity contribution in [2.45, 2.75) is 13.0 Å². The number of aromatic carboxylic acids is 1. The topological polar surface area (TPSA) is 42.2 Å². The second-order valence-corrected chi connectivity index (χ2v) is 5.32. The van der Waals surface area contributed by atoms with Crippen molar-refractivity contribution in [1.29, 1.82) is 0 Å². The maximum atomic E-state index is 11.0. The Hall–Kier alpha value is -1.07. The molecule has 2 rings (SSSR count). The Balaban J connectivity index is 2.12. The molecule has 1 N–H and O–H groups in total. The summed E-state index contributed by atoms with van der Waals surface area (Å²) in [4.78, 5) is 12.2. The van der Waals surface area contributed by atoms with Gasteiger partial charge in [0.1, 0.15) is 5.69 Å². The summed E-state index contributed by atoms with van der Waals surface area (Å²) in [5, 5.41) is 11.0. The van der Waals surface area contributed by atoms with E-state index in [1.165, 1.54) is 4.88 Å². The molecule has 0 saturated heterocycles. The van der Waals surface area contributed by atoms with Gasteiger partial charge in [0.25, 0.3) is 0 Å². The Kier molecular flexibility index (Phi) is 3.46. The van der Waals surface area contributed by atoms with Gasteiger partial charge in [0.05, 0.1) is 0 Å². The van der Waals surface area contributed by atoms with Crippen LogP contribution >= 0.6 is 27.3 Å². The van der Waals surface area contributed by atoms with Crippen LogP contribution in [0.2, 0.25) is 0 Å². The van der Waals surface area contributed by atoms with Crippen molar-refractivity contribution >= 4 is 33.2 Å². The number of aromatic nitrogens is 1. The fourth-order valence-corrected chi connectivity index (χ4v) is 2.69. The number of carbonyl (C=O) groups is 1. The van der Waals surface area contributed by atoms with Gasteiger partial charge in [-0.05, 0) is 39.9 Å². The monoisotopic (exact) mass is 299 g/mol. The Morgan fingerprint density at radius 1 is 1.56 bits per heavy atom. The van der Waals surface area contributed by atoms with Crippen LogP contribution in [0.15, 0.2) is 34.2 Å². The molecule has 2 aromatic rings. The molecular formula is C11H10BrNO2S. The molecule has 5 heteroatoms. The molecule has 0 spiro atoms.